The Hall–Kier alpha value is -1.04. The van der Waals surface area contributed by atoms with E-state index in [1.54, 1.807) is 0 Å². The van der Waals surface area contributed by atoms with Gasteiger partial charge in [0, 0.05) is 12.8 Å². The van der Waals surface area contributed by atoms with Gasteiger partial charge in [-0.1, -0.05) is 90.4 Å². The molecule has 0 saturated carbocycles. The molecule has 1 atom stereocenters. The van der Waals surface area contributed by atoms with Crippen LogP contribution in [0, 0.1) is 0 Å². The zero-order chi connectivity index (χ0) is 24.4. The molecule has 0 spiro atoms. The smallest absolute Gasteiger partial charge is 0.327 e. The first kappa shape index (κ1) is 32.0. The normalized spacial score (nSPS) is 12.1. The molecule has 0 bridgehead atoms. The fourth-order valence-electron chi connectivity index (χ4n) is 3.61. The molecule has 0 heterocycles. The minimum absolute atomic E-state index is 0.0631. The van der Waals surface area contributed by atoms with Crippen molar-refractivity contribution >= 4 is 20.6 Å². The van der Waals surface area contributed by atoms with Gasteiger partial charge in [-0.3, -0.25) is 14.1 Å². The number of nitrogens with two attached hydrogens (primary N) is 1. The van der Waals surface area contributed by atoms with Crippen LogP contribution in [0.25, 0.3) is 0 Å². The van der Waals surface area contributed by atoms with Crippen molar-refractivity contribution in [3.05, 3.63) is 0 Å². The molecule has 0 aliphatic rings. The minimum atomic E-state index is -0.730. The molecule has 0 aromatic rings. The lowest BCUT2D eigenvalue weighted by Crippen LogP contribution is -2.28. The molecule has 0 aromatic carbocycles. The minimum Gasteiger partial charge on any atom is -0.462 e. The highest BCUT2D eigenvalue weighted by Gasteiger charge is 2.17. The van der Waals surface area contributed by atoms with E-state index in [0.29, 0.717) is 12.8 Å². The highest BCUT2D eigenvalue weighted by atomic mass is 31.1. The molecule has 0 aliphatic carbocycles. The Balaban J connectivity index is 3.85. The number of unbranched alkanes of at least 4 members (excludes halogenated alkanes) is 14. The Morgan fingerprint density at radius 1 is 0.697 bits per heavy atom. The van der Waals surface area contributed by atoms with Gasteiger partial charge in [0.25, 0.3) is 0 Å². The van der Waals surface area contributed by atoms with Crippen molar-refractivity contribution < 1.29 is 28.2 Å². The second-order valence-electron chi connectivity index (χ2n) is 8.76. The molecule has 0 amide bonds. The van der Waals surface area contributed by atoms with E-state index in [0.717, 1.165) is 51.5 Å². The van der Waals surface area contributed by atoms with E-state index in [1.165, 1.54) is 57.8 Å². The summed E-state index contributed by atoms with van der Waals surface area (Å²) in [6.45, 7) is 2.84. The summed E-state index contributed by atoms with van der Waals surface area (Å²) in [6, 6.07) is 0. The average Bonchev–Trinajstić information content (AvgIpc) is 2.81. The SMILES string of the molecule is CCCCCCCCCC(=O)O[C@@H](COP=O)COC(=O)CCCCCCCCCCCN. The third-order valence-electron chi connectivity index (χ3n) is 5.61. The van der Waals surface area contributed by atoms with Crippen LogP contribution in [0.4, 0.5) is 0 Å². The van der Waals surface area contributed by atoms with E-state index in [2.05, 4.69) is 6.92 Å². The molecule has 0 fully saturated rings. The van der Waals surface area contributed by atoms with Crippen molar-refractivity contribution in [1.82, 2.24) is 0 Å². The van der Waals surface area contributed by atoms with Gasteiger partial charge in [0.1, 0.15) is 13.2 Å². The van der Waals surface area contributed by atoms with E-state index >= 15 is 0 Å². The molecule has 7 nitrogen and oxygen atoms in total. The first-order chi connectivity index (χ1) is 16.1. The summed E-state index contributed by atoms with van der Waals surface area (Å²) in [7, 11) is -0.489. The van der Waals surface area contributed by atoms with Gasteiger partial charge in [-0.15, -0.1) is 0 Å². The molecule has 0 aromatic heterocycles. The lowest BCUT2D eigenvalue weighted by molar-refractivity contribution is -0.160. The molecule has 0 unspecified atom stereocenters. The van der Waals surface area contributed by atoms with E-state index < -0.39 is 14.8 Å². The van der Waals surface area contributed by atoms with Crippen molar-refractivity contribution in [3.8, 4) is 0 Å². The summed E-state index contributed by atoms with van der Waals surface area (Å²) in [5.41, 5.74) is 5.49. The van der Waals surface area contributed by atoms with Crippen LogP contribution < -0.4 is 5.73 Å². The largest absolute Gasteiger partial charge is 0.462 e. The molecule has 194 valence electrons. The number of ether oxygens (including phenoxy) is 2. The fraction of sp³-hybridized carbons (Fsp3) is 0.920. The van der Waals surface area contributed by atoms with Crippen LogP contribution in [0.2, 0.25) is 0 Å². The zero-order valence-corrected chi connectivity index (χ0v) is 21.8. The van der Waals surface area contributed by atoms with E-state index in [9.17, 15) is 14.2 Å². The number of carbonyl (C=O) groups is 2. The molecular weight excluding hydrogens is 441 g/mol. The highest BCUT2D eigenvalue weighted by molar-refractivity contribution is 7.17. The van der Waals surface area contributed by atoms with Gasteiger partial charge in [0.2, 0.25) is 0 Å². The third kappa shape index (κ3) is 23.9. The van der Waals surface area contributed by atoms with Crippen molar-refractivity contribution in [2.24, 2.45) is 5.73 Å². The fourth-order valence-corrected chi connectivity index (χ4v) is 3.84. The first-order valence-corrected chi connectivity index (χ1v) is 13.9. The predicted molar refractivity (Wildman–Crippen MR) is 132 cm³/mol. The highest BCUT2D eigenvalue weighted by Crippen LogP contribution is 2.12. The molecule has 0 saturated heterocycles. The molecule has 8 heteroatoms. The molecule has 0 rings (SSSR count). The van der Waals surface area contributed by atoms with E-state index in [-0.39, 0.29) is 25.2 Å². The summed E-state index contributed by atoms with van der Waals surface area (Å²) in [5, 5.41) is 0. The Bertz CT molecular complexity index is 478. The van der Waals surface area contributed by atoms with Gasteiger partial charge >= 0.3 is 20.6 Å². The van der Waals surface area contributed by atoms with Crippen LogP contribution >= 0.6 is 8.69 Å². The molecular formula is C25H48NO6P. The van der Waals surface area contributed by atoms with Crippen LogP contribution in [-0.4, -0.2) is 37.8 Å². The standard InChI is InChI=1S/C25H48NO6P/c1-2-3-4-5-9-13-16-19-25(28)32-23(22-31-33-29)21-30-24(27)18-15-12-10-7-6-8-11-14-17-20-26/h23H,2-22,26H2,1H3/t23-/m1/s1. The number of rotatable bonds is 25. The van der Waals surface area contributed by atoms with Crippen molar-refractivity contribution in [3.63, 3.8) is 0 Å². The Morgan fingerprint density at radius 3 is 1.70 bits per heavy atom. The maximum absolute atomic E-state index is 12.1. The lowest BCUT2D eigenvalue weighted by Gasteiger charge is -2.16. The van der Waals surface area contributed by atoms with Crippen LogP contribution in [0.3, 0.4) is 0 Å². The van der Waals surface area contributed by atoms with Crippen LogP contribution in [-0.2, 0) is 28.2 Å². The number of hydrogen-bond donors (Lipinski definition) is 1. The molecule has 33 heavy (non-hydrogen) atoms. The summed E-state index contributed by atoms with van der Waals surface area (Å²) < 4.78 is 26.0. The molecule has 0 radical (unpaired) electrons. The molecule has 2 N–H and O–H groups in total. The summed E-state index contributed by atoms with van der Waals surface area (Å²) in [4.78, 5) is 24.0. The number of hydrogen-bond acceptors (Lipinski definition) is 7. The van der Waals surface area contributed by atoms with Crippen LogP contribution in [0.15, 0.2) is 0 Å². The van der Waals surface area contributed by atoms with Gasteiger partial charge in [0.05, 0.1) is 0 Å². The topological polar surface area (TPSA) is 105 Å². The van der Waals surface area contributed by atoms with Gasteiger partial charge in [-0.2, -0.15) is 0 Å². The number of esters is 2. The maximum atomic E-state index is 12.1. The van der Waals surface area contributed by atoms with E-state index in [4.69, 9.17) is 19.7 Å². The Kier molecular flexibility index (Phi) is 24.8. The van der Waals surface area contributed by atoms with Crippen molar-refractivity contribution in [2.75, 3.05) is 19.8 Å². The first-order valence-electron chi connectivity index (χ1n) is 13.1. The summed E-state index contributed by atoms with van der Waals surface area (Å²) in [6.07, 6.45) is 18.0. The third-order valence-corrected chi connectivity index (χ3v) is 5.87. The second-order valence-corrected chi connectivity index (χ2v) is 9.16. The summed E-state index contributed by atoms with van der Waals surface area (Å²) >= 11 is 0. The predicted octanol–water partition coefficient (Wildman–Crippen LogP) is 6.67. The average molecular weight is 490 g/mol. The van der Waals surface area contributed by atoms with Crippen molar-refractivity contribution in [1.29, 1.82) is 0 Å². The van der Waals surface area contributed by atoms with Gasteiger partial charge in [-0.05, 0) is 25.8 Å². The van der Waals surface area contributed by atoms with Crippen LogP contribution in [0.5, 0.6) is 0 Å². The zero-order valence-electron chi connectivity index (χ0n) is 20.9. The Labute approximate surface area is 203 Å². The number of carbonyl (C=O) groups excluding carboxylic acids is 2. The van der Waals surface area contributed by atoms with Gasteiger partial charge in [-0.25, -0.2) is 4.57 Å². The van der Waals surface area contributed by atoms with Crippen molar-refractivity contribution in [2.45, 2.75) is 129 Å². The quantitative estimate of drug-likeness (QED) is 0.0867. The van der Waals surface area contributed by atoms with E-state index in [1.807, 2.05) is 0 Å². The van der Waals surface area contributed by atoms with Gasteiger partial charge < -0.3 is 15.2 Å². The maximum Gasteiger partial charge on any atom is 0.327 e. The Morgan fingerprint density at radius 2 is 1.18 bits per heavy atom. The lowest BCUT2D eigenvalue weighted by atomic mass is 10.1. The van der Waals surface area contributed by atoms with Gasteiger partial charge in [0.15, 0.2) is 6.10 Å². The monoisotopic (exact) mass is 489 g/mol. The summed E-state index contributed by atoms with van der Waals surface area (Å²) in [5.74, 6) is -0.636. The second kappa shape index (κ2) is 25.6. The van der Waals surface area contributed by atoms with Crippen LogP contribution in [0.1, 0.15) is 122 Å². The molecule has 0 aliphatic heterocycles.